The van der Waals surface area contributed by atoms with Crippen LogP contribution in [0.2, 0.25) is 0 Å². The molecule has 0 aliphatic heterocycles. The predicted octanol–water partition coefficient (Wildman–Crippen LogP) is 1.86. The second kappa shape index (κ2) is 3.06. The summed E-state index contributed by atoms with van der Waals surface area (Å²) in [4.78, 5) is 0. The van der Waals surface area contributed by atoms with Crippen molar-refractivity contribution in [2.24, 2.45) is 5.92 Å². The third-order valence-electron chi connectivity index (χ3n) is 1.61. The highest BCUT2D eigenvalue weighted by Crippen LogP contribution is 2.17. The summed E-state index contributed by atoms with van der Waals surface area (Å²) < 4.78 is 0. The van der Waals surface area contributed by atoms with Crippen LogP contribution in [-0.4, -0.2) is 15.8 Å². The highest BCUT2D eigenvalue weighted by atomic mass is 16.3. The Hall–Kier alpha value is -0.500. The molecule has 0 aliphatic rings. The van der Waals surface area contributed by atoms with Crippen molar-refractivity contribution in [2.75, 3.05) is 0 Å². The van der Waals surface area contributed by atoms with Crippen molar-refractivity contribution in [1.29, 1.82) is 0 Å². The number of hydrogen-bond donors (Lipinski definition) is 2. The molecular weight excluding hydrogens is 128 g/mol. The maximum atomic E-state index is 9.38. The van der Waals surface area contributed by atoms with Crippen LogP contribution in [-0.2, 0) is 0 Å². The quantitative estimate of drug-likeness (QED) is 0.581. The molecule has 0 fully saturated rings. The van der Waals surface area contributed by atoms with Crippen LogP contribution >= 0.6 is 0 Å². The first kappa shape index (κ1) is 9.50. The Kier molecular flexibility index (Phi) is 2.91. The van der Waals surface area contributed by atoms with Gasteiger partial charge in [-0.25, -0.2) is 0 Å². The zero-order valence-corrected chi connectivity index (χ0v) is 7.05. The van der Waals surface area contributed by atoms with Gasteiger partial charge in [0, 0.05) is 5.92 Å². The highest BCUT2D eigenvalue weighted by Gasteiger charge is 2.19. The highest BCUT2D eigenvalue weighted by molar-refractivity contribution is 4.95. The smallest absolute Gasteiger partial charge is 0.0855 e. The van der Waals surface area contributed by atoms with Crippen LogP contribution in [0, 0.1) is 5.92 Å². The molecule has 0 spiro atoms. The molecule has 0 saturated carbocycles. The summed E-state index contributed by atoms with van der Waals surface area (Å²) in [5.41, 5.74) is -0.746. The van der Waals surface area contributed by atoms with E-state index in [1.54, 1.807) is 26.8 Å². The fraction of sp³-hybridized carbons (Fsp3) is 0.750. The largest absolute Gasteiger partial charge is 0.513 e. The Bertz CT molecular complexity index is 127. The molecule has 1 unspecified atom stereocenters. The lowest BCUT2D eigenvalue weighted by molar-refractivity contribution is 0.0428. The van der Waals surface area contributed by atoms with Gasteiger partial charge in [-0.3, -0.25) is 0 Å². The van der Waals surface area contributed by atoms with Gasteiger partial charge >= 0.3 is 0 Å². The lowest BCUT2D eigenvalue weighted by atomic mass is 9.92. The monoisotopic (exact) mass is 144 g/mol. The number of allylic oxidation sites excluding steroid dienone is 1. The third kappa shape index (κ3) is 3.51. The molecule has 0 bridgehead atoms. The van der Waals surface area contributed by atoms with E-state index in [1.807, 2.05) is 6.92 Å². The average molecular weight is 144 g/mol. The van der Waals surface area contributed by atoms with E-state index in [1.165, 1.54) is 0 Å². The summed E-state index contributed by atoms with van der Waals surface area (Å²) in [5.74, 6) is 0.243. The molecule has 10 heavy (non-hydrogen) atoms. The van der Waals surface area contributed by atoms with Crippen molar-refractivity contribution in [3.63, 3.8) is 0 Å². The normalized spacial score (nSPS) is 17.1. The maximum Gasteiger partial charge on any atom is 0.0855 e. The van der Waals surface area contributed by atoms with Gasteiger partial charge in [0.15, 0.2) is 0 Å². The predicted molar refractivity (Wildman–Crippen MR) is 41.8 cm³/mol. The molecule has 0 saturated heterocycles. The number of rotatable bonds is 2. The molecule has 0 aromatic carbocycles. The SMILES string of the molecule is CC(O)=CC(C)C(C)(C)O. The molecular formula is C8H16O2. The molecule has 2 N–H and O–H groups in total. The minimum atomic E-state index is -0.746. The van der Waals surface area contributed by atoms with Gasteiger partial charge in [-0.1, -0.05) is 6.92 Å². The minimum Gasteiger partial charge on any atom is -0.513 e. The van der Waals surface area contributed by atoms with E-state index in [4.69, 9.17) is 5.11 Å². The van der Waals surface area contributed by atoms with Crippen LogP contribution in [0.4, 0.5) is 0 Å². The van der Waals surface area contributed by atoms with Gasteiger partial charge in [0.2, 0.25) is 0 Å². The zero-order valence-electron chi connectivity index (χ0n) is 7.05. The fourth-order valence-electron chi connectivity index (χ4n) is 0.566. The van der Waals surface area contributed by atoms with E-state index in [9.17, 15) is 5.11 Å². The van der Waals surface area contributed by atoms with E-state index in [-0.39, 0.29) is 11.7 Å². The fourth-order valence-corrected chi connectivity index (χ4v) is 0.566. The van der Waals surface area contributed by atoms with Gasteiger partial charge in [-0.05, 0) is 26.8 Å². The molecule has 0 aromatic heterocycles. The van der Waals surface area contributed by atoms with Gasteiger partial charge in [-0.15, -0.1) is 0 Å². The number of hydrogen-bond acceptors (Lipinski definition) is 2. The number of aliphatic hydroxyl groups is 2. The molecule has 0 radical (unpaired) electrons. The van der Waals surface area contributed by atoms with Crippen LogP contribution in [0.5, 0.6) is 0 Å². The zero-order chi connectivity index (χ0) is 8.36. The Labute approximate surface area is 62.2 Å². The van der Waals surface area contributed by atoms with E-state index in [0.717, 1.165) is 0 Å². The van der Waals surface area contributed by atoms with Gasteiger partial charge in [0.05, 0.1) is 11.4 Å². The summed E-state index contributed by atoms with van der Waals surface area (Å²) in [6, 6.07) is 0. The summed E-state index contributed by atoms with van der Waals surface area (Å²) in [7, 11) is 0. The minimum absolute atomic E-state index is 0.0162. The molecule has 2 heteroatoms. The van der Waals surface area contributed by atoms with Gasteiger partial charge < -0.3 is 10.2 Å². The van der Waals surface area contributed by atoms with Crippen LogP contribution < -0.4 is 0 Å². The van der Waals surface area contributed by atoms with Gasteiger partial charge in [0.1, 0.15) is 0 Å². The van der Waals surface area contributed by atoms with E-state index in [2.05, 4.69) is 0 Å². The molecule has 60 valence electrons. The van der Waals surface area contributed by atoms with E-state index in [0.29, 0.717) is 0 Å². The Morgan fingerprint density at radius 2 is 1.90 bits per heavy atom. The van der Waals surface area contributed by atoms with Crippen LogP contribution in [0.15, 0.2) is 11.8 Å². The lowest BCUT2D eigenvalue weighted by Gasteiger charge is -2.22. The summed E-state index contributed by atoms with van der Waals surface area (Å²) in [5, 5.41) is 18.2. The third-order valence-corrected chi connectivity index (χ3v) is 1.61. The molecule has 2 nitrogen and oxygen atoms in total. The first-order chi connectivity index (χ1) is 4.34. The van der Waals surface area contributed by atoms with Crippen molar-refractivity contribution < 1.29 is 10.2 Å². The van der Waals surface area contributed by atoms with Crippen molar-refractivity contribution in [1.82, 2.24) is 0 Å². The van der Waals surface area contributed by atoms with Crippen molar-refractivity contribution in [3.8, 4) is 0 Å². The second-order valence-electron chi connectivity index (χ2n) is 3.25. The lowest BCUT2D eigenvalue weighted by Crippen LogP contribution is -2.27. The van der Waals surface area contributed by atoms with Gasteiger partial charge in [-0.2, -0.15) is 0 Å². The van der Waals surface area contributed by atoms with E-state index >= 15 is 0 Å². The first-order valence-corrected chi connectivity index (χ1v) is 3.44. The van der Waals surface area contributed by atoms with Crippen LogP contribution in [0.25, 0.3) is 0 Å². The molecule has 0 heterocycles. The summed E-state index contributed by atoms with van der Waals surface area (Å²) in [6.07, 6.45) is 1.64. The molecule has 0 rings (SSSR count). The van der Waals surface area contributed by atoms with Crippen LogP contribution in [0.1, 0.15) is 27.7 Å². The topological polar surface area (TPSA) is 40.5 Å². The Morgan fingerprint density at radius 1 is 1.50 bits per heavy atom. The first-order valence-electron chi connectivity index (χ1n) is 3.44. The summed E-state index contributed by atoms with van der Waals surface area (Å²) in [6.45, 7) is 6.90. The average Bonchev–Trinajstić information content (AvgIpc) is 1.60. The Morgan fingerprint density at radius 3 is 2.00 bits per heavy atom. The Balaban J connectivity index is 4.11. The molecule has 0 aliphatic carbocycles. The number of aliphatic hydroxyl groups excluding tert-OH is 1. The molecule has 0 amide bonds. The van der Waals surface area contributed by atoms with Crippen molar-refractivity contribution >= 4 is 0 Å². The second-order valence-corrected chi connectivity index (χ2v) is 3.25. The molecule has 0 aromatic rings. The summed E-state index contributed by atoms with van der Waals surface area (Å²) >= 11 is 0. The van der Waals surface area contributed by atoms with Crippen molar-refractivity contribution in [3.05, 3.63) is 11.8 Å². The van der Waals surface area contributed by atoms with Crippen molar-refractivity contribution in [2.45, 2.75) is 33.3 Å². The molecule has 1 atom stereocenters. The standard InChI is InChI=1S/C8H16O2/c1-6(5-7(2)9)8(3,4)10/h5-6,9-10H,1-4H3. The van der Waals surface area contributed by atoms with Crippen LogP contribution in [0.3, 0.4) is 0 Å². The van der Waals surface area contributed by atoms with Gasteiger partial charge in [0.25, 0.3) is 0 Å². The van der Waals surface area contributed by atoms with E-state index < -0.39 is 5.60 Å². The maximum absolute atomic E-state index is 9.38.